The zero-order valence-corrected chi connectivity index (χ0v) is 12.8. The average Bonchev–Trinajstić information content (AvgIpc) is 2.47. The summed E-state index contributed by atoms with van der Waals surface area (Å²) in [6, 6.07) is 13.8. The molecule has 21 heavy (non-hydrogen) atoms. The normalized spacial score (nSPS) is 10.2. The number of amides is 1. The van der Waals surface area contributed by atoms with Gasteiger partial charge in [0, 0.05) is 11.3 Å². The number of aryl methyl sites for hydroxylation is 2. The molecule has 3 nitrogen and oxygen atoms in total. The van der Waals surface area contributed by atoms with Crippen LogP contribution < -0.4 is 10.1 Å². The Hall–Kier alpha value is -2.29. The zero-order valence-electron chi connectivity index (χ0n) is 12.8. The number of nitrogens with one attached hydrogen (secondary N) is 1. The highest BCUT2D eigenvalue weighted by atomic mass is 16.5. The van der Waals surface area contributed by atoms with Crippen molar-refractivity contribution in [2.75, 3.05) is 12.4 Å². The van der Waals surface area contributed by atoms with Gasteiger partial charge in [-0.1, -0.05) is 36.8 Å². The molecule has 0 atom stereocenters. The Labute approximate surface area is 126 Å². The molecular weight excluding hydrogens is 262 g/mol. The lowest BCUT2D eigenvalue weighted by Gasteiger charge is -2.10. The molecule has 0 fully saturated rings. The maximum absolute atomic E-state index is 12.2. The smallest absolute Gasteiger partial charge is 0.228 e. The van der Waals surface area contributed by atoms with Gasteiger partial charge in [-0.3, -0.25) is 4.79 Å². The molecule has 0 bridgehead atoms. The van der Waals surface area contributed by atoms with Crippen LogP contribution in [0, 0.1) is 6.92 Å². The molecule has 0 saturated carbocycles. The molecule has 0 spiro atoms. The van der Waals surface area contributed by atoms with E-state index in [2.05, 4.69) is 18.3 Å². The van der Waals surface area contributed by atoms with Crippen molar-refractivity contribution in [2.45, 2.75) is 26.7 Å². The summed E-state index contributed by atoms with van der Waals surface area (Å²) in [4.78, 5) is 12.2. The number of anilines is 1. The summed E-state index contributed by atoms with van der Waals surface area (Å²) in [6.45, 7) is 4.10. The third-order valence-electron chi connectivity index (χ3n) is 3.41. The van der Waals surface area contributed by atoms with Crippen molar-refractivity contribution < 1.29 is 9.53 Å². The van der Waals surface area contributed by atoms with Crippen LogP contribution in [0.5, 0.6) is 5.75 Å². The highest BCUT2D eigenvalue weighted by Crippen LogP contribution is 2.21. The van der Waals surface area contributed by atoms with Crippen molar-refractivity contribution in [2.24, 2.45) is 0 Å². The van der Waals surface area contributed by atoms with E-state index < -0.39 is 0 Å². The quantitative estimate of drug-likeness (QED) is 0.907. The Morgan fingerprint density at radius 3 is 2.71 bits per heavy atom. The zero-order chi connectivity index (χ0) is 15.2. The molecule has 0 saturated heterocycles. The van der Waals surface area contributed by atoms with E-state index in [1.807, 2.05) is 43.3 Å². The van der Waals surface area contributed by atoms with Gasteiger partial charge in [0.1, 0.15) is 5.75 Å². The SMILES string of the molecule is CCc1cccc(NC(=O)Cc2cc(C)ccc2OC)c1. The van der Waals surface area contributed by atoms with Gasteiger partial charge < -0.3 is 10.1 Å². The average molecular weight is 283 g/mol. The van der Waals surface area contributed by atoms with Crippen LogP contribution in [-0.2, 0) is 17.6 Å². The van der Waals surface area contributed by atoms with E-state index >= 15 is 0 Å². The second kappa shape index (κ2) is 6.93. The van der Waals surface area contributed by atoms with Crippen LogP contribution in [0.25, 0.3) is 0 Å². The third kappa shape index (κ3) is 4.09. The minimum absolute atomic E-state index is 0.0350. The first-order valence-electron chi connectivity index (χ1n) is 7.14. The summed E-state index contributed by atoms with van der Waals surface area (Å²) in [5.74, 6) is 0.713. The molecule has 0 aromatic heterocycles. The number of methoxy groups -OCH3 is 1. The molecule has 110 valence electrons. The molecule has 1 amide bonds. The van der Waals surface area contributed by atoms with E-state index in [0.29, 0.717) is 6.42 Å². The Morgan fingerprint density at radius 2 is 2.00 bits per heavy atom. The highest BCUT2D eigenvalue weighted by Gasteiger charge is 2.09. The van der Waals surface area contributed by atoms with Gasteiger partial charge in [-0.05, 0) is 37.1 Å². The van der Waals surface area contributed by atoms with Crippen LogP contribution in [0.1, 0.15) is 23.6 Å². The maximum Gasteiger partial charge on any atom is 0.228 e. The molecule has 0 radical (unpaired) electrons. The summed E-state index contributed by atoms with van der Waals surface area (Å²) < 4.78 is 5.31. The van der Waals surface area contributed by atoms with Crippen molar-refractivity contribution in [3.8, 4) is 5.75 Å². The van der Waals surface area contributed by atoms with Crippen LogP contribution in [0.15, 0.2) is 42.5 Å². The Morgan fingerprint density at radius 1 is 1.19 bits per heavy atom. The molecule has 0 unspecified atom stereocenters. The molecule has 0 heterocycles. The van der Waals surface area contributed by atoms with E-state index in [4.69, 9.17) is 4.74 Å². The van der Waals surface area contributed by atoms with Gasteiger partial charge in [0.2, 0.25) is 5.91 Å². The largest absolute Gasteiger partial charge is 0.496 e. The minimum Gasteiger partial charge on any atom is -0.496 e. The van der Waals surface area contributed by atoms with Crippen LogP contribution in [0.3, 0.4) is 0 Å². The molecule has 3 heteroatoms. The van der Waals surface area contributed by atoms with Gasteiger partial charge in [0.05, 0.1) is 13.5 Å². The van der Waals surface area contributed by atoms with Gasteiger partial charge in [-0.2, -0.15) is 0 Å². The number of ether oxygens (including phenoxy) is 1. The highest BCUT2D eigenvalue weighted by molar-refractivity contribution is 5.92. The molecule has 2 aromatic rings. The van der Waals surface area contributed by atoms with Crippen LogP contribution in [0.2, 0.25) is 0 Å². The Balaban J connectivity index is 2.09. The molecule has 0 aliphatic carbocycles. The van der Waals surface area contributed by atoms with Gasteiger partial charge in [0.25, 0.3) is 0 Å². The third-order valence-corrected chi connectivity index (χ3v) is 3.41. The first-order chi connectivity index (χ1) is 10.1. The van der Waals surface area contributed by atoms with E-state index in [1.165, 1.54) is 5.56 Å². The van der Waals surface area contributed by atoms with E-state index in [0.717, 1.165) is 29.0 Å². The number of rotatable bonds is 5. The van der Waals surface area contributed by atoms with E-state index in [1.54, 1.807) is 7.11 Å². The lowest BCUT2D eigenvalue weighted by molar-refractivity contribution is -0.115. The fourth-order valence-corrected chi connectivity index (χ4v) is 2.29. The number of carbonyl (C=O) groups is 1. The summed E-state index contributed by atoms with van der Waals surface area (Å²) in [7, 11) is 1.62. The van der Waals surface area contributed by atoms with Gasteiger partial charge in [-0.15, -0.1) is 0 Å². The molecular formula is C18H21NO2. The first kappa shape index (κ1) is 15.1. The summed E-state index contributed by atoms with van der Waals surface area (Å²) in [5, 5.41) is 2.94. The summed E-state index contributed by atoms with van der Waals surface area (Å²) in [6.07, 6.45) is 1.26. The van der Waals surface area contributed by atoms with Crippen molar-refractivity contribution in [3.63, 3.8) is 0 Å². The lowest BCUT2D eigenvalue weighted by Crippen LogP contribution is -2.15. The number of hydrogen-bond acceptors (Lipinski definition) is 2. The predicted molar refractivity (Wildman–Crippen MR) is 85.9 cm³/mol. The van der Waals surface area contributed by atoms with Crippen LogP contribution >= 0.6 is 0 Å². The fourth-order valence-electron chi connectivity index (χ4n) is 2.29. The predicted octanol–water partition coefficient (Wildman–Crippen LogP) is 3.75. The molecule has 1 N–H and O–H groups in total. The second-order valence-corrected chi connectivity index (χ2v) is 5.09. The summed E-state index contributed by atoms with van der Waals surface area (Å²) >= 11 is 0. The molecule has 0 aliphatic heterocycles. The van der Waals surface area contributed by atoms with Crippen LogP contribution in [0.4, 0.5) is 5.69 Å². The topological polar surface area (TPSA) is 38.3 Å². The fraction of sp³-hybridized carbons (Fsp3) is 0.278. The minimum atomic E-state index is -0.0350. The van der Waals surface area contributed by atoms with E-state index in [9.17, 15) is 4.79 Å². The van der Waals surface area contributed by atoms with E-state index in [-0.39, 0.29) is 5.91 Å². The Bertz CT molecular complexity index is 635. The second-order valence-electron chi connectivity index (χ2n) is 5.09. The monoisotopic (exact) mass is 283 g/mol. The molecule has 0 aliphatic rings. The number of carbonyl (C=O) groups excluding carboxylic acids is 1. The van der Waals surface area contributed by atoms with Gasteiger partial charge in [-0.25, -0.2) is 0 Å². The Kier molecular flexibility index (Phi) is 4.99. The van der Waals surface area contributed by atoms with Gasteiger partial charge in [0.15, 0.2) is 0 Å². The summed E-state index contributed by atoms with van der Waals surface area (Å²) in [5.41, 5.74) is 4.07. The van der Waals surface area contributed by atoms with Gasteiger partial charge >= 0.3 is 0 Å². The maximum atomic E-state index is 12.2. The van der Waals surface area contributed by atoms with Crippen molar-refractivity contribution in [1.82, 2.24) is 0 Å². The van der Waals surface area contributed by atoms with Crippen molar-refractivity contribution in [3.05, 3.63) is 59.2 Å². The lowest BCUT2D eigenvalue weighted by atomic mass is 10.1. The standard InChI is InChI=1S/C18H21NO2/c1-4-14-6-5-7-16(11-14)19-18(20)12-15-10-13(2)8-9-17(15)21-3/h5-11H,4,12H2,1-3H3,(H,19,20). The number of hydrogen-bond donors (Lipinski definition) is 1. The molecule has 2 aromatic carbocycles. The van der Waals surface area contributed by atoms with Crippen LogP contribution in [-0.4, -0.2) is 13.0 Å². The number of benzene rings is 2. The molecule has 2 rings (SSSR count). The van der Waals surface area contributed by atoms with Crippen molar-refractivity contribution >= 4 is 11.6 Å². The van der Waals surface area contributed by atoms with Crippen molar-refractivity contribution in [1.29, 1.82) is 0 Å². The first-order valence-corrected chi connectivity index (χ1v) is 7.14.